The first kappa shape index (κ1) is 19.0. The third-order valence-electron chi connectivity index (χ3n) is 2.78. The molecule has 0 N–H and O–H groups in total. The van der Waals surface area contributed by atoms with Crippen LogP contribution in [0.25, 0.3) is 0 Å². The molecule has 21 heavy (non-hydrogen) atoms. The van der Waals surface area contributed by atoms with Gasteiger partial charge < -0.3 is 0 Å². The summed E-state index contributed by atoms with van der Waals surface area (Å²) in [4.78, 5) is -1.94. The molecule has 0 atom stereocenters. The summed E-state index contributed by atoms with van der Waals surface area (Å²) in [5, 5.41) is 0. The summed E-state index contributed by atoms with van der Waals surface area (Å²) in [6.07, 6.45) is 0. The first-order chi connectivity index (χ1) is 9.10. The maximum Gasteiger partial charge on any atom is 0.261 e. The van der Waals surface area contributed by atoms with Crippen molar-refractivity contribution in [2.24, 2.45) is 0 Å². The van der Waals surface area contributed by atoms with Gasteiger partial charge in [-0.25, -0.2) is 25.3 Å². The predicted octanol–water partition coefficient (Wildman–Crippen LogP) is 2.39. The third kappa shape index (κ3) is 3.65. The Morgan fingerprint density at radius 2 is 0.667 bits per heavy atom. The molecule has 6 nitrogen and oxygen atoms in total. The lowest BCUT2D eigenvalue weighted by molar-refractivity contribution is 0.602. The molecule has 120 valence electrons. The molecule has 1 aromatic rings. The van der Waals surface area contributed by atoms with E-state index in [0.29, 0.717) is 0 Å². The van der Waals surface area contributed by atoms with Gasteiger partial charge in [-0.3, -0.25) is 0 Å². The van der Waals surface area contributed by atoms with Crippen molar-refractivity contribution < 1.29 is 25.3 Å². The number of rotatable bonds is 3. The Morgan fingerprint density at radius 3 is 0.762 bits per heavy atom. The van der Waals surface area contributed by atoms with Gasteiger partial charge in [0.25, 0.3) is 27.2 Å². The molecule has 0 aromatic heterocycles. The summed E-state index contributed by atoms with van der Waals surface area (Å²) in [6, 6.07) is 0. The fraction of sp³-hybridized carbons (Fsp3) is 0.333. The van der Waals surface area contributed by atoms with E-state index in [4.69, 9.17) is 32.0 Å². The molecule has 0 saturated carbocycles. The molecule has 1 aromatic carbocycles. The van der Waals surface area contributed by atoms with Gasteiger partial charge in [0.15, 0.2) is 0 Å². The second-order valence-electron chi connectivity index (χ2n) is 4.18. The topological polar surface area (TPSA) is 102 Å². The minimum atomic E-state index is -4.42. The summed E-state index contributed by atoms with van der Waals surface area (Å²) in [5.74, 6) is 0. The van der Waals surface area contributed by atoms with Gasteiger partial charge in [-0.05, 0) is 37.5 Å². The first-order valence-electron chi connectivity index (χ1n) is 5.08. The van der Waals surface area contributed by atoms with Gasteiger partial charge in [-0.1, -0.05) is 0 Å². The minimum Gasteiger partial charge on any atom is -0.207 e. The lowest BCUT2D eigenvalue weighted by atomic mass is 10.1. The average molecular weight is 416 g/mol. The second kappa shape index (κ2) is 5.54. The van der Waals surface area contributed by atoms with Crippen molar-refractivity contribution in [1.29, 1.82) is 0 Å². The standard InChI is InChI=1S/C9H9Cl3O6S3/c1-4-7(19(10,13)14)5(2)9(21(12,17)18)6(3)8(4)20(11,15)16/h1-3H3. The molecular weight excluding hydrogens is 407 g/mol. The van der Waals surface area contributed by atoms with E-state index < -0.39 is 41.8 Å². The maximum absolute atomic E-state index is 11.6. The Kier molecular flexibility index (Phi) is 5.01. The quantitative estimate of drug-likeness (QED) is 0.702. The molecule has 12 heteroatoms. The van der Waals surface area contributed by atoms with Gasteiger partial charge in [0.2, 0.25) is 0 Å². The van der Waals surface area contributed by atoms with E-state index in [-0.39, 0.29) is 16.7 Å². The van der Waals surface area contributed by atoms with E-state index in [1.807, 2.05) is 0 Å². The highest BCUT2D eigenvalue weighted by Gasteiger charge is 2.33. The van der Waals surface area contributed by atoms with E-state index in [2.05, 4.69) is 0 Å². The molecule has 0 spiro atoms. The summed E-state index contributed by atoms with van der Waals surface area (Å²) >= 11 is 0. The average Bonchev–Trinajstić information content (AvgIpc) is 2.07. The zero-order chi connectivity index (χ0) is 17.0. The molecular formula is C9H9Cl3O6S3. The summed E-state index contributed by atoms with van der Waals surface area (Å²) in [6.45, 7) is 3.49. The van der Waals surface area contributed by atoms with Gasteiger partial charge in [0, 0.05) is 32.0 Å². The highest BCUT2D eigenvalue weighted by molar-refractivity contribution is 8.15. The van der Waals surface area contributed by atoms with Crippen LogP contribution in [-0.4, -0.2) is 25.3 Å². The Balaban J connectivity index is 4.36. The Hall–Kier alpha value is -0.0600. The maximum atomic E-state index is 11.6. The van der Waals surface area contributed by atoms with Crippen LogP contribution in [-0.2, 0) is 27.2 Å². The Bertz CT molecular complexity index is 785. The van der Waals surface area contributed by atoms with Crippen LogP contribution in [0.3, 0.4) is 0 Å². The van der Waals surface area contributed by atoms with Gasteiger partial charge in [-0.15, -0.1) is 0 Å². The molecule has 0 radical (unpaired) electrons. The van der Waals surface area contributed by atoms with Gasteiger partial charge in [0.1, 0.15) is 0 Å². The molecule has 1 rings (SSSR count). The number of benzene rings is 1. The van der Waals surface area contributed by atoms with Crippen LogP contribution in [0.5, 0.6) is 0 Å². The fourth-order valence-corrected chi connectivity index (χ4v) is 7.33. The van der Waals surface area contributed by atoms with E-state index >= 15 is 0 Å². The van der Waals surface area contributed by atoms with E-state index in [9.17, 15) is 25.3 Å². The van der Waals surface area contributed by atoms with Crippen molar-refractivity contribution in [3.8, 4) is 0 Å². The van der Waals surface area contributed by atoms with Crippen molar-refractivity contribution in [3.05, 3.63) is 16.7 Å². The lowest BCUT2D eigenvalue weighted by Crippen LogP contribution is -2.12. The number of hydrogen-bond acceptors (Lipinski definition) is 6. The van der Waals surface area contributed by atoms with Crippen LogP contribution < -0.4 is 0 Å². The summed E-state index contributed by atoms with van der Waals surface area (Å²) in [5.41, 5.74) is -0.794. The van der Waals surface area contributed by atoms with Crippen LogP contribution in [0.1, 0.15) is 16.7 Å². The zero-order valence-corrected chi connectivity index (χ0v) is 15.5. The van der Waals surface area contributed by atoms with Crippen LogP contribution in [0.4, 0.5) is 0 Å². The van der Waals surface area contributed by atoms with E-state index in [0.717, 1.165) is 20.8 Å². The molecule has 0 unspecified atom stereocenters. The minimum absolute atomic E-state index is 0.265. The highest BCUT2D eigenvalue weighted by Crippen LogP contribution is 2.39. The molecule has 0 aliphatic carbocycles. The van der Waals surface area contributed by atoms with Crippen LogP contribution in [0.15, 0.2) is 14.7 Å². The number of halogens is 3. The largest absolute Gasteiger partial charge is 0.261 e. The predicted molar refractivity (Wildman–Crippen MR) is 79.8 cm³/mol. The summed E-state index contributed by atoms with van der Waals surface area (Å²) < 4.78 is 69.8. The van der Waals surface area contributed by atoms with Crippen molar-refractivity contribution in [3.63, 3.8) is 0 Å². The third-order valence-corrected chi connectivity index (χ3v) is 7.46. The molecule has 0 heterocycles. The van der Waals surface area contributed by atoms with E-state index in [1.54, 1.807) is 0 Å². The Labute approximate surface area is 136 Å². The molecule has 0 amide bonds. The second-order valence-corrected chi connectivity index (χ2v) is 11.7. The van der Waals surface area contributed by atoms with Crippen molar-refractivity contribution in [1.82, 2.24) is 0 Å². The van der Waals surface area contributed by atoms with Crippen molar-refractivity contribution in [2.75, 3.05) is 0 Å². The molecule has 0 aliphatic rings. The van der Waals surface area contributed by atoms with Gasteiger partial charge in [-0.2, -0.15) is 0 Å². The van der Waals surface area contributed by atoms with E-state index in [1.165, 1.54) is 0 Å². The monoisotopic (exact) mass is 414 g/mol. The van der Waals surface area contributed by atoms with Gasteiger partial charge in [0.05, 0.1) is 14.7 Å². The molecule has 0 saturated heterocycles. The smallest absolute Gasteiger partial charge is 0.207 e. The Morgan fingerprint density at radius 1 is 0.524 bits per heavy atom. The van der Waals surface area contributed by atoms with Crippen molar-refractivity contribution in [2.45, 2.75) is 35.5 Å². The van der Waals surface area contributed by atoms with Gasteiger partial charge >= 0.3 is 0 Å². The molecule has 0 bridgehead atoms. The lowest BCUT2D eigenvalue weighted by Gasteiger charge is -2.17. The first-order valence-corrected chi connectivity index (χ1v) is 12.0. The fourth-order valence-electron chi connectivity index (χ4n) is 2.25. The van der Waals surface area contributed by atoms with Crippen LogP contribution in [0.2, 0.25) is 0 Å². The van der Waals surface area contributed by atoms with Crippen LogP contribution >= 0.6 is 32.0 Å². The normalized spacial score (nSPS) is 13.4. The van der Waals surface area contributed by atoms with Crippen LogP contribution in [0, 0.1) is 20.8 Å². The number of hydrogen-bond donors (Lipinski definition) is 0. The summed E-state index contributed by atoms with van der Waals surface area (Å²) in [7, 11) is 2.52. The molecule has 0 fully saturated rings. The highest BCUT2D eigenvalue weighted by atomic mass is 35.7. The molecule has 0 aliphatic heterocycles. The van der Waals surface area contributed by atoms with Crippen molar-refractivity contribution >= 4 is 59.2 Å². The zero-order valence-electron chi connectivity index (χ0n) is 10.8. The SMILES string of the molecule is Cc1c(S(=O)(=O)Cl)c(C)c(S(=O)(=O)Cl)c(C)c1S(=O)(=O)Cl.